The zero-order valence-corrected chi connectivity index (χ0v) is 15.4. The molecule has 2 heterocycles. The summed E-state index contributed by atoms with van der Waals surface area (Å²) in [6, 6.07) is 23.3. The number of fused-ring (bicyclic) bond motifs is 8. The van der Waals surface area contributed by atoms with E-state index in [0.717, 1.165) is 44.1 Å². The molecule has 0 N–H and O–H groups in total. The fourth-order valence-corrected chi connectivity index (χ4v) is 4.23. The van der Waals surface area contributed by atoms with Crippen LogP contribution in [0.2, 0.25) is 0 Å². The smallest absolute Gasteiger partial charge is 0.144 e. The molecule has 138 valence electrons. The second-order valence-corrected chi connectivity index (χ2v) is 7.19. The summed E-state index contributed by atoms with van der Waals surface area (Å²) >= 11 is 0. The van der Waals surface area contributed by atoms with E-state index in [4.69, 9.17) is 12.6 Å². The quantitative estimate of drug-likeness (QED) is 0.275. The molecule has 0 saturated carbocycles. The van der Waals surface area contributed by atoms with Crippen molar-refractivity contribution in [3.8, 4) is 11.3 Å². The Labute approximate surface area is 176 Å². The molecule has 0 amide bonds. The molecule has 6 aromatic rings. The van der Waals surface area contributed by atoms with Gasteiger partial charge in [0.05, 0.1) is 5.69 Å². The van der Waals surface area contributed by atoms with Crippen LogP contribution in [0.3, 0.4) is 0 Å². The van der Waals surface area contributed by atoms with Gasteiger partial charge in [0, 0.05) is 36.1 Å². The topological polar surface area (TPSA) is 26.0 Å². The second kappa shape index (κ2) is 5.92. The third-order valence-electron chi connectivity index (χ3n) is 5.55. The molecule has 0 bridgehead atoms. The highest BCUT2D eigenvalue weighted by Crippen LogP contribution is 2.43. The van der Waals surface area contributed by atoms with Crippen molar-refractivity contribution in [2.45, 2.75) is 13.7 Å². The maximum absolute atomic E-state index is 7.92. The minimum atomic E-state index is -2.60. The van der Waals surface area contributed by atoms with Crippen LogP contribution in [0, 0.1) is 13.7 Å². The van der Waals surface area contributed by atoms with Crippen LogP contribution >= 0.6 is 0 Å². The standard InChI is InChI=1S/C27H19NO/c1-16-14-24(28-15-17(16)2)22-12-7-13-23-25-20-10-5-3-8-18(20)19-9-4-6-11-21(19)27(25)29-26(22)23/h3-15H,1-2H3/i1D3,2D3. The molecule has 0 aliphatic rings. The lowest BCUT2D eigenvalue weighted by Gasteiger charge is -2.06. The van der Waals surface area contributed by atoms with Gasteiger partial charge in [0.15, 0.2) is 0 Å². The van der Waals surface area contributed by atoms with Crippen molar-refractivity contribution in [3.05, 3.63) is 90.1 Å². The van der Waals surface area contributed by atoms with Gasteiger partial charge in [0.1, 0.15) is 11.2 Å². The minimum Gasteiger partial charge on any atom is -0.455 e. The normalized spacial score (nSPS) is 15.7. The summed E-state index contributed by atoms with van der Waals surface area (Å²) in [6.07, 6.45) is 1.15. The van der Waals surface area contributed by atoms with Crippen LogP contribution in [0.15, 0.2) is 83.4 Å². The number of hydrogen-bond donors (Lipinski definition) is 0. The lowest BCUT2D eigenvalue weighted by molar-refractivity contribution is 0.673. The van der Waals surface area contributed by atoms with E-state index in [1.165, 1.54) is 6.07 Å². The first-order chi connectivity index (χ1) is 16.6. The molecule has 29 heavy (non-hydrogen) atoms. The summed E-state index contributed by atoms with van der Waals surface area (Å²) < 4.78 is 53.5. The summed E-state index contributed by atoms with van der Waals surface area (Å²) in [7, 11) is 0. The van der Waals surface area contributed by atoms with E-state index in [1.807, 2.05) is 48.5 Å². The molecule has 2 aromatic heterocycles. The van der Waals surface area contributed by atoms with Crippen LogP contribution in [-0.2, 0) is 0 Å². The van der Waals surface area contributed by atoms with Gasteiger partial charge in [-0.2, -0.15) is 0 Å². The van der Waals surface area contributed by atoms with E-state index in [1.54, 1.807) is 0 Å². The lowest BCUT2D eigenvalue weighted by Crippen LogP contribution is -1.88. The summed E-state index contributed by atoms with van der Waals surface area (Å²) in [5.74, 6) is 0. The Bertz CT molecular complexity index is 1780. The molecule has 0 unspecified atom stereocenters. The van der Waals surface area contributed by atoms with Crippen LogP contribution in [0.4, 0.5) is 0 Å². The summed E-state index contributed by atoms with van der Waals surface area (Å²) in [6.45, 7) is -5.19. The van der Waals surface area contributed by atoms with E-state index in [9.17, 15) is 0 Å². The Hall–Kier alpha value is -3.65. The van der Waals surface area contributed by atoms with E-state index in [0.29, 0.717) is 16.8 Å². The highest BCUT2D eigenvalue weighted by atomic mass is 16.3. The zero-order chi connectivity index (χ0) is 24.5. The van der Waals surface area contributed by atoms with Crippen molar-refractivity contribution in [2.24, 2.45) is 0 Å². The molecule has 0 saturated heterocycles. The maximum atomic E-state index is 7.92. The Morgan fingerprint density at radius 2 is 1.38 bits per heavy atom. The molecule has 0 aliphatic heterocycles. The summed E-state index contributed by atoms with van der Waals surface area (Å²) in [5.41, 5.74) is 1.78. The largest absolute Gasteiger partial charge is 0.455 e. The van der Waals surface area contributed by atoms with Crippen LogP contribution in [0.25, 0.3) is 54.7 Å². The highest BCUT2D eigenvalue weighted by molar-refractivity contribution is 6.30. The van der Waals surface area contributed by atoms with E-state index >= 15 is 0 Å². The molecule has 0 fully saturated rings. The van der Waals surface area contributed by atoms with Crippen molar-refractivity contribution in [2.75, 3.05) is 0 Å². The molecule has 0 spiro atoms. The molecule has 0 aliphatic carbocycles. The van der Waals surface area contributed by atoms with Crippen molar-refractivity contribution < 1.29 is 12.6 Å². The van der Waals surface area contributed by atoms with Crippen molar-refractivity contribution in [1.82, 2.24) is 4.98 Å². The number of aromatic nitrogens is 1. The average molecular weight is 379 g/mol. The first-order valence-corrected chi connectivity index (χ1v) is 9.40. The van der Waals surface area contributed by atoms with Gasteiger partial charge in [0.2, 0.25) is 0 Å². The third-order valence-corrected chi connectivity index (χ3v) is 5.55. The van der Waals surface area contributed by atoms with Gasteiger partial charge in [-0.15, -0.1) is 0 Å². The Kier molecular flexibility index (Phi) is 2.32. The molecule has 2 nitrogen and oxygen atoms in total. The Morgan fingerprint density at radius 3 is 2.17 bits per heavy atom. The molecule has 0 atom stereocenters. The number of para-hydroxylation sites is 1. The number of rotatable bonds is 1. The SMILES string of the molecule is [2H]C([2H])([2H])c1cnc(-c2cccc3c2oc2c4ccccc4c4ccccc4c32)cc1C([2H])([2H])[2H]. The van der Waals surface area contributed by atoms with Gasteiger partial charge in [-0.3, -0.25) is 4.98 Å². The third kappa shape index (κ3) is 2.26. The molecule has 0 radical (unpaired) electrons. The maximum Gasteiger partial charge on any atom is 0.144 e. The predicted molar refractivity (Wildman–Crippen MR) is 121 cm³/mol. The van der Waals surface area contributed by atoms with E-state index < -0.39 is 13.7 Å². The van der Waals surface area contributed by atoms with Crippen LogP contribution in [-0.4, -0.2) is 4.98 Å². The van der Waals surface area contributed by atoms with Gasteiger partial charge < -0.3 is 4.42 Å². The summed E-state index contributed by atoms with van der Waals surface area (Å²) in [5, 5.41) is 6.11. The average Bonchev–Trinajstić information content (AvgIpc) is 3.23. The molecule has 4 aromatic carbocycles. The number of aryl methyl sites for hydroxylation is 2. The van der Waals surface area contributed by atoms with Gasteiger partial charge >= 0.3 is 0 Å². The van der Waals surface area contributed by atoms with Crippen molar-refractivity contribution in [3.63, 3.8) is 0 Å². The van der Waals surface area contributed by atoms with Crippen molar-refractivity contribution >= 4 is 43.5 Å². The Morgan fingerprint density at radius 1 is 0.690 bits per heavy atom. The Balaban J connectivity index is 1.72. The number of nitrogens with zero attached hydrogens (tertiary/aromatic N) is 1. The minimum absolute atomic E-state index is 0.230. The molecular formula is C27H19NO. The zero-order valence-electron chi connectivity index (χ0n) is 21.4. The second-order valence-electron chi connectivity index (χ2n) is 7.19. The fourth-order valence-electron chi connectivity index (χ4n) is 4.23. The summed E-state index contributed by atoms with van der Waals surface area (Å²) in [4.78, 5) is 4.36. The van der Waals surface area contributed by atoms with E-state index in [2.05, 4.69) is 23.2 Å². The first-order valence-electron chi connectivity index (χ1n) is 12.4. The number of benzene rings is 4. The van der Waals surface area contributed by atoms with Crippen LogP contribution in [0.1, 0.15) is 19.4 Å². The predicted octanol–water partition coefficient (Wildman–Crippen LogP) is 7.57. The molecule has 6 rings (SSSR count). The number of furan rings is 1. The number of hydrogen-bond acceptors (Lipinski definition) is 2. The monoisotopic (exact) mass is 379 g/mol. The van der Waals surface area contributed by atoms with Gasteiger partial charge in [-0.1, -0.05) is 60.7 Å². The van der Waals surface area contributed by atoms with Crippen molar-refractivity contribution in [1.29, 1.82) is 0 Å². The van der Waals surface area contributed by atoms with Gasteiger partial charge in [-0.05, 0) is 53.1 Å². The molecule has 2 heteroatoms. The first kappa shape index (κ1) is 11.4. The fraction of sp³-hybridized carbons (Fsp3) is 0.0741. The van der Waals surface area contributed by atoms with Crippen LogP contribution < -0.4 is 0 Å². The molecular weight excluding hydrogens is 354 g/mol. The van der Waals surface area contributed by atoms with Crippen LogP contribution in [0.5, 0.6) is 0 Å². The lowest BCUT2D eigenvalue weighted by atomic mass is 9.96. The highest BCUT2D eigenvalue weighted by Gasteiger charge is 2.18. The van der Waals surface area contributed by atoms with E-state index in [-0.39, 0.29) is 11.1 Å². The van der Waals surface area contributed by atoms with Gasteiger partial charge in [-0.25, -0.2) is 0 Å². The number of pyridine rings is 1. The van der Waals surface area contributed by atoms with Gasteiger partial charge in [0.25, 0.3) is 0 Å².